The second-order valence-electron chi connectivity index (χ2n) is 18.9. The maximum Gasteiger partial charge on any atom is 0.252 e. The summed E-state index contributed by atoms with van der Waals surface area (Å²) < 4.78 is 0. The van der Waals surface area contributed by atoms with E-state index in [9.17, 15) is 0 Å². The fourth-order valence-electron chi connectivity index (χ4n) is 12.3. The van der Waals surface area contributed by atoms with Gasteiger partial charge in [-0.25, -0.2) is 0 Å². The van der Waals surface area contributed by atoms with Gasteiger partial charge in [-0.1, -0.05) is 194 Å². The molecule has 0 bridgehead atoms. The SMILES string of the molecule is c1ccc2cccc(N(c3cc4c5c(c3)N(c3cccc6ccccc36)c3c(ccc6ccccc36)B5c3ccc5ccccc5c3N4c3cccc4ccccc34)c3cccc4c3CCC=C4)c2c#1. The Labute approximate surface area is 407 Å². The van der Waals surface area contributed by atoms with Crippen molar-refractivity contribution in [2.24, 2.45) is 0 Å². The molecule has 0 aromatic heterocycles. The Bertz CT molecular complexity index is 3980. The highest BCUT2D eigenvalue weighted by atomic mass is 15.2. The normalized spacial score (nSPS) is 13.3. The maximum absolute atomic E-state index is 3.60. The number of fused-ring (bicyclic) bond motifs is 12. The molecule has 15 rings (SSSR count). The van der Waals surface area contributed by atoms with Crippen molar-refractivity contribution in [2.75, 3.05) is 14.7 Å². The molecule has 0 spiro atoms. The molecule has 0 amide bonds. The highest BCUT2D eigenvalue weighted by molar-refractivity contribution is 7.01. The van der Waals surface area contributed by atoms with Crippen LogP contribution in [0.4, 0.5) is 51.2 Å². The van der Waals surface area contributed by atoms with E-state index in [0.29, 0.717) is 0 Å². The fourth-order valence-corrected chi connectivity index (χ4v) is 12.3. The molecule has 2 aliphatic heterocycles. The van der Waals surface area contributed by atoms with Crippen LogP contribution in [-0.4, -0.2) is 6.71 Å². The summed E-state index contributed by atoms with van der Waals surface area (Å²) in [6, 6.07) is 88.4. The lowest BCUT2D eigenvalue weighted by Gasteiger charge is -2.46. The highest BCUT2D eigenvalue weighted by Gasteiger charge is 2.45. The third kappa shape index (κ3) is 5.67. The molecule has 0 saturated carbocycles. The molecule has 0 fully saturated rings. The Morgan fingerprint density at radius 2 is 0.957 bits per heavy atom. The van der Waals surface area contributed by atoms with E-state index in [-0.39, 0.29) is 6.71 Å². The van der Waals surface area contributed by atoms with Crippen molar-refractivity contribution in [1.29, 1.82) is 0 Å². The molecule has 12 aromatic carbocycles. The summed E-state index contributed by atoms with van der Waals surface area (Å²) in [7, 11) is 0. The Morgan fingerprint density at radius 1 is 0.443 bits per heavy atom. The first-order chi connectivity index (χ1) is 34.8. The van der Waals surface area contributed by atoms with Crippen LogP contribution in [-0.2, 0) is 6.42 Å². The van der Waals surface area contributed by atoms with Gasteiger partial charge in [0.25, 0.3) is 6.71 Å². The first kappa shape index (κ1) is 39.0. The molecular weight excluding hydrogens is 846 g/mol. The highest BCUT2D eigenvalue weighted by Crippen LogP contribution is 2.53. The topological polar surface area (TPSA) is 9.72 Å². The zero-order valence-corrected chi connectivity index (χ0v) is 38.3. The minimum atomic E-state index is -0.0840. The summed E-state index contributed by atoms with van der Waals surface area (Å²) in [6.07, 6.45) is 6.55. The Morgan fingerprint density at radius 3 is 1.59 bits per heavy atom. The largest absolute Gasteiger partial charge is 0.310 e. The van der Waals surface area contributed by atoms with Crippen molar-refractivity contribution in [3.05, 3.63) is 248 Å². The molecule has 0 unspecified atom stereocenters. The van der Waals surface area contributed by atoms with E-state index in [1.165, 1.54) is 87.7 Å². The summed E-state index contributed by atoms with van der Waals surface area (Å²) in [5, 5.41) is 11.9. The van der Waals surface area contributed by atoms with Crippen LogP contribution in [0.25, 0.3) is 59.9 Å². The Hall–Kier alpha value is -9.04. The maximum atomic E-state index is 3.60. The van der Waals surface area contributed by atoms with Crippen LogP contribution in [0, 0.1) is 12.1 Å². The zero-order chi connectivity index (χ0) is 45.9. The summed E-state index contributed by atoms with van der Waals surface area (Å²) >= 11 is 0. The molecule has 1 aliphatic carbocycles. The van der Waals surface area contributed by atoms with Gasteiger partial charge in [-0.2, -0.15) is 0 Å². The van der Waals surface area contributed by atoms with Crippen molar-refractivity contribution in [3.8, 4) is 0 Å². The van der Waals surface area contributed by atoms with Crippen molar-refractivity contribution in [1.82, 2.24) is 0 Å². The fraction of sp³-hybridized carbons (Fsp3) is 0.0303. The first-order valence-corrected chi connectivity index (χ1v) is 24.4. The quantitative estimate of drug-likeness (QED) is 0.159. The number of hydrogen-bond donors (Lipinski definition) is 0. The lowest BCUT2D eigenvalue weighted by Crippen LogP contribution is -2.61. The number of anilines is 9. The third-order valence-electron chi connectivity index (χ3n) is 15.2. The summed E-state index contributed by atoms with van der Waals surface area (Å²) in [6.45, 7) is -0.0840. The van der Waals surface area contributed by atoms with E-state index in [0.717, 1.165) is 57.7 Å². The van der Waals surface area contributed by atoms with E-state index < -0.39 is 0 Å². The first-order valence-electron chi connectivity index (χ1n) is 24.4. The van der Waals surface area contributed by atoms with Gasteiger partial charge < -0.3 is 14.7 Å². The van der Waals surface area contributed by atoms with Crippen molar-refractivity contribution in [2.45, 2.75) is 12.8 Å². The van der Waals surface area contributed by atoms with Gasteiger partial charge in [0.15, 0.2) is 0 Å². The lowest BCUT2D eigenvalue weighted by atomic mass is 9.33. The molecule has 3 aliphatic rings. The summed E-state index contributed by atoms with van der Waals surface area (Å²) in [5.74, 6) is 0. The number of rotatable bonds is 5. The standard InChI is InChI=1S/C66H42BN3/c1-7-27-50-43(17-1)23-13-33-58(50)68(59-34-14-24-44-18-2-8-28-51(44)59)49-41-62-64-63(42-49)70(61-36-16-26-46-20-4-10-30-53(46)61)66-55-32-12-6-22-48(55)38-40-57(66)67(64)56-39-37-47-21-5-11-31-54(47)65(56)69(62)60-35-15-25-45-19-3-9-29-52(45)60/h1-6,9-26,29-42H,7,27H2. The molecule has 70 heavy (non-hydrogen) atoms. The van der Waals surface area contributed by atoms with Gasteiger partial charge in [-0.3, -0.25) is 0 Å². The van der Waals surface area contributed by atoms with E-state index >= 15 is 0 Å². The van der Waals surface area contributed by atoms with Crippen LogP contribution in [0.2, 0.25) is 0 Å². The molecule has 324 valence electrons. The van der Waals surface area contributed by atoms with Gasteiger partial charge in [0.05, 0.1) is 28.1 Å². The number of nitrogens with zero attached hydrogens (tertiary/aromatic N) is 3. The summed E-state index contributed by atoms with van der Waals surface area (Å²) in [4.78, 5) is 7.78. The number of hydrogen-bond acceptors (Lipinski definition) is 3. The smallest absolute Gasteiger partial charge is 0.252 e. The molecule has 3 nitrogen and oxygen atoms in total. The van der Waals surface area contributed by atoms with Crippen LogP contribution in [0.1, 0.15) is 17.5 Å². The predicted octanol–water partition coefficient (Wildman–Crippen LogP) is 15.6. The monoisotopic (exact) mass is 887 g/mol. The van der Waals surface area contributed by atoms with E-state index in [1.54, 1.807) is 0 Å². The van der Waals surface area contributed by atoms with Gasteiger partial charge in [0.2, 0.25) is 0 Å². The van der Waals surface area contributed by atoms with Gasteiger partial charge in [0, 0.05) is 50.0 Å². The van der Waals surface area contributed by atoms with Gasteiger partial charge in [-0.05, 0) is 116 Å². The molecule has 0 atom stereocenters. The van der Waals surface area contributed by atoms with Gasteiger partial charge in [-0.15, -0.1) is 0 Å². The molecule has 2 heterocycles. The van der Waals surface area contributed by atoms with Crippen molar-refractivity contribution in [3.63, 3.8) is 0 Å². The average Bonchev–Trinajstić information content (AvgIpc) is 3.43. The van der Waals surface area contributed by atoms with E-state index in [2.05, 4.69) is 251 Å². The molecule has 0 saturated heterocycles. The van der Waals surface area contributed by atoms with Crippen LogP contribution in [0.5, 0.6) is 0 Å². The summed E-state index contributed by atoms with van der Waals surface area (Å²) in [5.41, 5.74) is 16.8. The number of allylic oxidation sites excluding steroid dienone is 1. The molecular formula is C66H42BN3. The molecule has 0 radical (unpaired) electrons. The molecule has 12 aromatic rings. The van der Waals surface area contributed by atoms with E-state index in [4.69, 9.17) is 0 Å². The third-order valence-corrected chi connectivity index (χ3v) is 15.2. The number of benzene rings is 11. The van der Waals surface area contributed by atoms with Gasteiger partial charge >= 0.3 is 0 Å². The Balaban J connectivity index is 1.15. The average molecular weight is 888 g/mol. The van der Waals surface area contributed by atoms with Crippen LogP contribution >= 0.6 is 0 Å². The van der Waals surface area contributed by atoms with Crippen molar-refractivity contribution >= 4 is 134 Å². The second-order valence-corrected chi connectivity index (χ2v) is 18.9. The molecule has 4 heteroatoms. The Kier molecular flexibility index (Phi) is 8.49. The second kappa shape index (κ2) is 15.2. The minimum absolute atomic E-state index is 0.0840. The van der Waals surface area contributed by atoms with Crippen LogP contribution < -0.4 is 31.1 Å². The molecule has 0 N–H and O–H groups in total. The van der Waals surface area contributed by atoms with E-state index in [1.807, 2.05) is 6.07 Å². The zero-order valence-electron chi connectivity index (χ0n) is 38.3. The van der Waals surface area contributed by atoms with Crippen LogP contribution in [0.3, 0.4) is 0 Å². The predicted molar refractivity (Wildman–Crippen MR) is 298 cm³/mol. The lowest BCUT2D eigenvalue weighted by molar-refractivity contribution is 0.979. The van der Waals surface area contributed by atoms with Gasteiger partial charge in [0.1, 0.15) is 0 Å². The minimum Gasteiger partial charge on any atom is -0.310 e. The van der Waals surface area contributed by atoms with Crippen molar-refractivity contribution < 1.29 is 0 Å². The van der Waals surface area contributed by atoms with Crippen LogP contribution in [0.15, 0.2) is 224 Å².